The van der Waals surface area contributed by atoms with Gasteiger partial charge < -0.3 is 15.0 Å². The second-order valence-corrected chi connectivity index (χ2v) is 9.62. The molecule has 2 aromatic rings. The van der Waals surface area contributed by atoms with Crippen LogP contribution in [0.15, 0.2) is 48.5 Å². The van der Waals surface area contributed by atoms with Crippen LogP contribution in [-0.2, 0) is 16.1 Å². The van der Waals surface area contributed by atoms with Crippen molar-refractivity contribution in [3.05, 3.63) is 64.7 Å². The summed E-state index contributed by atoms with van der Waals surface area (Å²) in [5.41, 5.74) is 2.20. The summed E-state index contributed by atoms with van der Waals surface area (Å²) in [6.07, 6.45) is 7.07. The molecule has 1 fully saturated rings. The maximum Gasteiger partial charge on any atom is 0.243 e. The van der Waals surface area contributed by atoms with Gasteiger partial charge in [-0.2, -0.15) is 0 Å². The maximum absolute atomic E-state index is 13.3. The zero-order chi connectivity index (χ0) is 24.3. The second-order valence-electron chi connectivity index (χ2n) is 9.18. The molecule has 0 saturated heterocycles. The van der Waals surface area contributed by atoms with Gasteiger partial charge in [-0.15, -0.1) is 0 Å². The first-order valence-corrected chi connectivity index (χ1v) is 12.9. The number of hydrogen-bond acceptors (Lipinski definition) is 3. The van der Waals surface area contributed by atoms with Crippen molar-refractivity contribution in [2.45, 2.75) is 83.8 Å². The largest absolute Gasteiger partial charge is 0.494 e. The molecule has 34 heavy (non-hydrogen) atoms. The SMILES string of the molecule is CC[C@@H](C(=O)NC1CCCCC1)N(Cc1ccc(C)cc1)C(=O)CCCOc1ccc(Cl)cc1. The molecule has 1 saturated carbocycles. The second kappa shape index (κ2) is 13.4. The number of nitrogens with zero attached hydrogens (tertiary/aromatic N) is 1. The standard InChI is InChI=1S/C28H37ClN2O3/c1-3-26(28(33)30-24-8-5-4-6-9-24)31(20-22-13-11-21(2)12-14-22)27(32)10-7-19-34-25-17-15-23(29)16-18-25/h11-18,24,26H,3-10,19-20H2,1-2H3,(H,30,33)/t26-/m0/s1. The van der Waals surface area contributed by atoms with Crippen LogP contribution < -0.4 is 10.1 Å². The van der Waals surface area contributed by atoms with Crippen molar-refractivity contribution in [1.29, 1.82) is 0 Å². The van der Waals surface area contributed by atoms with E-state index < -0.39 is 6.04 Å². The van der Waals surface area contributed by atoms with Gasteiger partial charge in [-0.05, 0) is 62.4 Å². The fourth-order valence-electron chi connectivity index (χ4n) is 4.44. The Labute approximate surface area is 208 Å². The van der Waals surface area contributed by atoms with Crippen molar-refractivity contribution in [2.24, 2.45) is 0 Å². The van der Waals surface area contributed by atoms with E-state index in [1.165, 1.54) is 12.0 Å². The van der Waals surface area contributed by atoms with Crippen LogP contribution >= 0.6 is 11.6 Å². The summed E-state index contributed by atoms with van der Waals surface area (Å²) in [4.78, 5) is 28.3. The highest BCUT2D eigenvalue weighted by molar-refractivity contribution is 6.30. The first-order chi connectivity index (χ1) is 16.5. The van der Waals surface area contributed by atoms with Gasteiger partial charge in [-0.1, -0.05) is 67.6 Å². The molecule has 184 valence electrons. The van der Waals surface area contributed by atoms with Crippen molar-refractivity contribution in [1.82, 2.24) is 10.2 Å². The predicted octanol–water partition coefficient (Wildman–Crippen LogP) is 6.06. The summed E-state index contributed by atoms with van der Waals surface area (Å²) in [6, 6.07) is 15.1. The Morgan fingerprint density at radius 2 is 1.74 bits per heavy atom. The molecule has 0 spiro atoms. The lowest BCUT2D eigenvalue weighted by molar-refractivity contribution is -0.142. The molecular weight excluding hydrogens is 448 g/mol. The third-order valence-corrected chi connectivity index (χ3v) is 6.68. The topological polar surface area (TPSA) is 58.6 Å². The van der Waals surface area contributed by atoms with Crippen LogP contribution in [0.25, 0.3) is 0 Å². The molecular formula is C28H37ClN2O3. The number of benzene rings is 2. The molecule has 1 aliphatic rings. The van der Waals surface area contributed by atoms with Gasteiger partial charge in [0.2, 0.25) is 11.8 Å². The molecule has 5 nitrogen and oxygen atoms in total. The van der Waals surface area contributed by atoms with Crippen LogP contribution in [0.4, 0.5) is 0 Å². The minimum atomic E-state index is -0.479. The van der Waals surface area contributed by atoms with Crippen molar-refractivity contribution in [2.75, 3.05) is 6.61 Å². The van der Waals surface area contributed by atoms with Crippen LogP contribution in [0.1, 0.15) is 69.4 Å². The number of halogens is 1. The first-order valence-electron chi connectivity index (χ1n) is 12.5. The minimum absolute atomic E-state index is 0.0223. The molecule has 3 rings (SSSR count). The molecule has 0 unspecified atom stereocenters. The summed E-state index contributed by atoms with van der Waals surface area (Å²) >= 11 is 5.92. The highest BCUT2D eigenvalue weighted by Crippen LogP contribution is 2.20. The molecule has 0 heterocycles. The molecule has 2 amide bonds. The third-order valence-electron chi connectivity index (χ3n) is 6.43. The van der Waals surface area contributed by atoms with Crippen LogP contribution in [0, 0.1) is 6.92 Å². The lowest BCUT2D eigenvalue weighted by Gasteiger charge is -2.33. The molecule has 0 aromatic heterocycles. The van der Waals surface area contributed by atoms with E-state index in [1.54, 1.807) is 17.0 Å². The average Bonchev–Trinajstić information content (AvgIpc) is 2.84. The molecule has 0 aliphatic heterocycles. The van der Waals surface area contributed by atoms with E-state index in [9.17, 15) is 9.59 Å². The molecule has 2 aromatic carbocycles. The van der Waals surface area contributed by atoms with E-state index in [-0.39, 0.29) is 17.9 Å². The zero-order valence-electron chi connectivity index (χ0n) is 20.4. The van der Waals surface area contributed by atoms with Gasteiger partial charge in [-0.25, -0.2) is 0 Å². The normalized spacial score (nSPS) is 14.9. The van der Waals surface area contributed by atoms with Gasteiger partial charge in [0.05, 0.1) is 6.61 Å². The molecule has 1 atom stereocenters. The van der Waals surface area contributed by atoms with Gasteiger partial charge in [0.25, 0.3) is 0 Å². The Balaban J connectivity index is 1.63. The summed E-state index contributed by atoms with van der Waals surface area (Å²) in [5.74, 6) is 0.671. The van der Waals surface area contributed by atoms with Crippen molar-refractivity contribution >= 4 is 23.4 Å². The zero-order valence-corrected chi connectivity index (χ0v) is 21.2. The van der Waals surface area contributed by atoms with Gasteiger partial charge in [0.15, 0.2) is 0 Å². The van der Waals surface area contributed by atoms with Gasteiger partial charge >= 0.3 is 0 Å². The first kappa shape index (κ1) is 26.1. The average molecular weight is 485 g/mol. The van der Waals surface area contributed by atoms with Crippen LogP contribution in [0.5, 0.6) is 5.75 Å². The number of aryl methyl sites for hydroxylation is 1. The maximum atomic E-state index is 13.3. The van der Waals surface area contributed by atoms with E-state index >= 15 is 0 Å². The van der Waals surface area contributed by atoms with Gasteiger partial charge in [-0.3, -0.25) is 9.59 Å². The lowest BCUT2D eigenvalue weighted by atomic mass is 9.95. The number of nitrogens with one attached hydrogen (secondary N) is 1. The lowest BCUT2D eigenvalue weighted by Crippen LogP contribution is -2.51. The fraction of sp³-hybridized carbons (Fsp3) is 0.500. The smallest absolute Gasteiger partial charge is 0.243 e. The monoisotopic (exact) mass is 484 g/mol. The van der Waals surface area contributed by atoms with Crippen LogP contribution in [0.2, 0.25) is 5.02 Å². The minimum Gasteiger partial charge on any atom is -0.494 e. The number of hydrogen-bond donors (Lipinski definition) is 1. The number of ether oxygens (including phenoxy) is 1. The van der Waals surface area contributed by atoms with Crippen LogP contribution in [-0.4, -0.2) is 35.4 Å². The Morgan fingerprint density at radius 3 is 2.38 bits per heavy atom. The van der Waals surface area contributed by atoms with E-state index in [2.05, 4.69) is 5.32 Å². The Bertz CT molecular complexity index is 908. The van der Waals surface area contributed by atoms with Crippen molar-refractivity contribution in [3.8, 4) is 5.75 Å². The summed E-state index contributed by atoms with van der Waals surface area (Å²) in [5, 5.41) is 3.88. The highest BCUT2D eigenvalue weighted by atomic mass is 35.5. The Morgan fingerprint density at radius 1 is 1.06 bits per heavy atom. The van der Waals surface area contributed by atoms with Crippen molar-refractivity contribution in [3.63, 3.8) is 0 Å². The highest BCUT2D eigenvalue weighted by Gasteiger charge is 2.30. The van der Waals surface area contributed by atoms with E-state index in [1.807, 2.05) is 50.2 Å². The predicted molar refractivity (Wildman–Crippen MR) is 137 cm³/mol. The molecule has 0 radical (unpaired) electrons. The summed E-state index contributed by atoms with van der Waals surface area (Å²) < 4.78 is 5.75. The summed E-state index contributed by atoms with van der Waals surface area (Å²) in [6.45, 7) is 4.87. The molecule has 0 bridgehead atoms. The Hall–Kier alpha value is -2.53. The summed E-state index contributed by atoms with van der Waals surface area (Å²) in [7, 11) is 0. The van der Waals surface area contributed by atoms with E-state index in [4.69, 9.17) is 16.3 Å². The van der Waals surface area contributed by atoms with Crippen molar-refractivity contribution < 1.29 is 14.3 Å². The molecule has 6 heteroatoms. The number of amides is 2. The van der Waals surface area contributed by atoms with Crippen LogP contribution in [0.3, 0.4) is 0 Å². The number of carbonyl (C=O) groups is 2. The van der Waals surface area contributed by atoms with E-state index in [0.29, 0.717) is 37.4 Å². The van der Waals surface area contributed by atoms with E-state index in [0.717, 1.165) is 37.0 Å². The van der Waals surface area contributed by atoms with Gasteiger partial charge in [0.1, 0.15) is 11.8 Å². The van der Waals surface area contributed by atoms with Gasteiger partial charge in [0, 0.05) is 24.0 Å². The number of carbonyl (C=O) groups excluding carboxylic acids is 2. The third kappa shape index (κ3) is 8.05. The Kier molecular flexibility index (Phi) is 10.3. The molecule has 1 aliphatic carbocycles. The quantitative estimate of drug-likeness (QED) is 0.394. The fourth-order valence-corrected chi connectivity index (χ4v) is 4.57. The molecule has 1 N–H and O–H groups in total. The number of rotatable bonds is 11.